The van der Waals surface area contributed by atoms with Crippen molar-refractivity contribution in [2.45, 2.75) is 43.7 Å². The summed E-state index contributed by atoms with van der Waals surface area (Å²) in [6.07, 6.45) is 1.56. The molecule has 7 nitrogen and oxygen atoms in total. The largest absolute Gasteiger partial charge is 0.486 e. The molecule has 0 bridgehead atoms. The Balaban J connectivity index is 1.34. The van der Waals surface area contributed by atoms with E-state index in [1.807, 2.05) is 12.1 Å². The van der Waals surface area contributed by atoms with Crippen LogP contribution in [-0.4, -0.2) is 19.9 Å². The Labute approximate surface area is 189 Å². The van der Waals surface area contributed by atoms with Gasteiger partial charge in [0.1, 0.15) is 24.4 Å². The second-order valence-corrected chi connectivity index (χ2v) is 9.21. The fourth-order valence-electron chi connectivity index (χ4n) is 2.94. The van der Waals surface area contributed by atoms with Gasteiger partial charge in [-0.1, -0.05) is 44.7 Å². The van der Waals surface area contributed by atoms with Crippen molar-refractivity contribution in [1.29, 1.82) is 0 Å². The molecule has 0 amide bonds. The van der Waals surface area contributed by atoms with Gasteiger partial charge in [-0.3, -0.25) is 0 Å². The topological polar surface area (TPSA) is 92.0 Å². The summed E-state index contributed by atoms with van der Waals surface area (Å²) in [5.74, 6) is 8.01. The minimum absolute atomic E-state index is 0.0890. The maximum atomic E-state index is 13.1. The highest BCUT2D eigenvalue weighted by molar-refractivity contribution is 7.98. The van der Waals surface area contributed by atoms with Crippen molar-refractivity contribution in [2.75, 3.05) is 5.84 Å². The van der Waals surface area contributed by atoms with Crippen LogP contribution in [0.3, 0.4) is 0 Å². The van der Waals surface area contributed by atoms with Crippen molar-refractivity contribution in [3.05, 3.63) is 77.7 Å². The van der Waals surface area contributed by atoms with Gasteiger partial charge < -0.3 is 15.0 Å². The molecule has 0 radical (unpaired) electrons. The Kier molecular flexibility index (Phi) is 6.18. The normalized spacial score (nSPS) is 11.6. The third kappa shape index (κ3) is 5.11. The molecule has 166 valence electrons. The molecule has 0 atom stereocenters. The molecule has 2 heterocycles. The van der Waals surface area contributed by atoms with Crippen molar-refractivity contribution in [2.24, 2.45) is 0 Å². The van der Waals surface area contributed by atoms with Gasteiger partial charge in [0.2, 0.25) is 11.0 Å². The zero-order chi connectivity index (χ0) is 22.7. The fourth-order valence-corrected chi connectivity index (χ4v) is 3.69. The second kappa shape index (κ2) is 9.04. The van der Waals surface area contributed by atoms with Crippen LogP contribution in [0.2, 0.25) is 0 Å². The molecule has 32 heavy (non-hydrogen) atoms. The molecule has 9 heteroatoms. The molecule has 2 aromatic heterocycles. The van der Waals surface area contributed by atoms with Gasteiger partial charge in [0.05, 0.1) is 5.69 Å². The molecule has 0 aliphatic heterocycles. The monoisotopic (exact) mass is 453 g/mol. The lowest BCUT2D eigenvalue weighted by atomic mass is 9.87. The highest BCUT2D eigenvalue weighted by atomic mass is 32.2. The summed E-state index contributed by atoms with van der Waals surface area (Å²) in [6, 6.07) is 14.0. The summed E-state index contributed by atoms with van der Waals surface area (Å²) < 4.78 is 25.8. The molecule has 2 N–H and O–H groups in total. The SMILES string of the molecule is CC(C)(C)c1ccc(OCc2nnc(SCc3coc(-c4ccc(F)cc4)n3)n2N)cc1. The van der Waals surface area contributed by atoms with Crippen LogP contribution in [-0.2, 0) is 17.8 Å². The molecule has 0 saturated carbocycles. The molecule has 4 aromatic rings. The van der Waals surface area contributed by atoms with Crippen LogP contribution in [0.15, 0.2) is 64.4 Å². The maximum Gasteiger partial charge on any atom is 0.226 e. The molecule has 0 saturated heterocycles. The first-order chi connectivity index (χ1) is 15.3. The highest BCUT2D eigenvalue weighted by Crippen LogP contribution is 2.26. The van der Waals surface area contributed by atoms with Gasteiger partial charge in [0.25, 0.3) is 0 Å². The number of ether oxygens (including phenoxy) is 1. The van der Waals surface area contributed by atoms with Gasteiger partial charge in [-0.2, -0.15) is 0 Å². The number of oxazole rings is 1. The number of hydrogen-bond donors (Lipinski definition) is 1. The number of thioether (sulfide) groups is 1. The predicted octanol–water partition coefficient (Wildman–Crippen LogP) is 4.95. The zero-order valence-corrected chi connectivity index (χ0v) is 18.9. The second-order valence-electron chi connectivity index (χ2n) is 8.27. The number of nitrogen functional groups attached to an aromatic ring is 1. The molecule has 4 rings (SSSR count). The summed E-state index contributed by atoms with van der Waals surface area (Å²) in [5, 5.41) is 8.80. The zero-order valence-electron chi connectivity index (χ0n) is 18.1. The number of halogens is 1. The van der Waals surface area contributed by atoms with E-state index in [2.05, 4.69) is 48.1 Å². The van der Waals surface area contributed by atoms with Crippen molar-refractivity contribution >= 4 is 11.8 Å². The van der Waals surface area contributed by atoms with E-state index in [9.17, 15) is 4.39 Å². The van der Waals surface area contributed by atoms with Crippen LogP contribution in [0.4, 0.5) is 4.39 Å². The number of nitrogens with two attached hydrogens (primary N) is 1. The van der Waals surface area contributed by atoms with E-state index in [0.717, 1.165) is 5.75 Å². The van der Waals surface area contributed by atoms with Crippen molar-refractivity contribution in [1.82, 2.24) is 19.9 Å². The van der Waals surface area contributed by atoms with Gasteiger partial charge >= 0.3 is 0 Å². The van der Waals surface area contributed by atoms with Crippen LogP contribution >= 0.6 is 11.8 Å². The third-order valence-corrected chi connectivity index (χ3v) is 5.79. The van der Waals surface area contributed by atoms with Crippen molar-refractivity contribution < 1.29 is 13.5 Å². The number of benzene rings is 2. The Bertz CT molecular complexity index is 1180. The highest BCUT2D eigenvalue weighted by Gasteiger charge is 2.15. The summed E-state index contributed by atoms with van der Waals surface area (Å²) in [4.78, 5) is 4.43. The summed E-state index contributed by atoms with van der Waals surface area (Å²) in [5.41, 5.74) is 2.75. The van der Waals surface area contributed by atoms with E-state index in [1.54, 1.807) is 18.4 Å². The van der Waals surface area contributed by atoms with E-state index >= 15 is 0 Å². The summed E-state index contributed by atoms with van der Waals surface area (Å²) in [7, 11) is 0. The van der Waals surface area contributed by atoms with Crippen LogP contribution in [0.25, 0.3) is 11.5 Å². The summed E-state index contributed by atoms with van der Waals surface area (Å²) >= 11 is 1.38. The standard InChI is InChI=1S/C23H24FN5O2S/c1-23(2,3)16-6-10-19(11-7-16)30-13-20-27-28-22(29(20)25)32-14-18-12-31-21(26-18)15-4-8-17(24)9-5-15/h4-12H,13-14,25H2,1-3H3. The Morgan fingerprint density at radius 1 is 1.06 bits per heavy atom. The molecule has 0 spiro atoms. The first-order valence-electron chi connectivity index (χ1n) is 10.1. The lowest BCUT2D eigenvalue weighted by molar-refractivity contribution is 0.291. The fraction of sp³-hybridized carbons (Fsp3) is 0.261. The van der Waals surface area contributed by atoms with E-state index in [1.165, 1.54) is 34.1 Å². The van der Waals surface area contributed by atoms with Crippen LogP contribution in [0, 0.1) is 5.82 Å². The first-order valence-corrected chi connectivity index (χ1v) is 11.0. The molecule has 0 aliphatic carbocycles. The van der Waals surface area contributed by atoms with Gasteiger partial charge in [-0.15, -0.1) is 10.2 Å². The Morgan fingerprint density at radius 2 is 1.78 bits per heavy atom. The van der Waals surface area contributed by atoms with Gasteiger partial charge in [0.15, 0.2) is 5.82 Å². The first kappa shape index (κ1) is 21.9. The molecular formula is C23H24FN5O2S. The van der Waals surface area contributed by atoms with Crippen molar-refractivity contribution in [3.8, 4) is 17.2 Å². The lowest BCUT2D eigenvalue weighted by Gasteiger charge is -2.19. The van der Waals surface area contributed by atoms with Crippen LogP contribution < -0.4 is 10.6 Å². The molecule has 0 unspecified atom stereocenters. The molecule has 2 aromatic carbocycles. The van der Waals surface area contributed by atoms with Gasteiger partial charge in [0, 0.05) is 11.3 Å². The van der Waals surface area contributed by atoms with Crippen LogP contribution in [0.5, 0.6) is 5.75 Å². The predicted molar refractivity (Wildman–Crippen MR) is 121 cm³/mol. The number of hydrogen-bond acceptors (Lipinski definition) is 7. The Hall–Kier alpha value is -3.33. The minimum atomic E-state index is -0.305. The average molecular weight is 454 g/mol. The number of rotatable bonds is 7. The smallest absolute Gasteiger partial charge is 0.226 e. The third-order valence-electron chi connectivity index (χ3n) is 4.82. The number of nitrogens with zero attached hydrogens (tertiary/aromatic N) is 4. The lowest BCUT2D eigenvalue weighted by Crippen LogP contribution is -2.16. The van der Waals surface area contributed by atoms with E-state index in [-0.39, 0.29) is 17.8 Å². The van der Waals surface area contributed by atoms with Gasteiger partial charge in [-0.25, -0.2) is 14.1 Å². The van der Waals surface area contributed by atoms with E-state index in [4.69, 9.17) is 15.0 Å². The maximum absolute atomic E-state index is 13.1. The van der Waals surface area contributed by atoms with E-state index in [0.29, 0.717) is 33.9 Å². The molecule has 0 aliphatic rings. The molecular weight excluding hydrogens is 429 g/mol. The minimum Gasteiger partial charge on any atom is -0.486 e. The Morgan fingerprint density at radius 3 is 2.47 bits per heavy atom. The molecule has 0 fully saturated rings. The van der Waals surface area contributed by atoms with Gasteiger partial charge in [-0.05, 0) is 47.4 Å². The van der Waals surface area contributed by atoms with Crippen molar-refractivity contribution in [3.63, 3.8) is 0 Å². The van der Waals surface area contributed by atoms with E-state index < -0.39 is 0 Å². The number of aromatic nitrogens is 4. The summed E-state index contributed by atoms with van der Waals surface area (Å²) in [6.45, 7) is 6.71. The quantitative estimate of drug-likeness (QED) is 0.312. The van der Waals surface area contributed by atoms with Crippen LogP contribution in [0.1, 0.15) is 37.9 Å². The average Bonchev–Trinajstić information content (AvgIpc) is 3.38.